The zero-order valence-corrected chi connectivity index (χ0v) is 13.9. The quantitative estimate of drug-likeness (QED) is 0.821. The van der Waals surface area contributed by atoms with Gasteiger partial charge in [-0.25, -0.2) is 4.98 Å². The van der Waals surface area contributed by atoms with E-state index in [0.717, 1.165) is 22.6 Å². The molecule has 0 saturated carbocycles. The number of hydrogen-bond donors (Lipinski definition) is 0. The van der Waals surface area contributed by atoms with Gasteiger partial charge in [0.15, 0.2) is 0 Å². The number of aromatic nitrogens is 2. The van der Waals surface area contributed by atoms with Gasteiger partial charge in [0.1, 0.15) is 12.4 Å². The summed E-state index contributed by atoms with van der Waals surface area (Å²) in [6.45, 7) is 2.51. The molecule has 1 amide bonds. The summed E-state index contributed by atoms with van der Waals surface area (Å²) in [6, 6.07) is 10.0. The molecular formula is C16H20N4OS. The fraction of sp³-hybridized carbons (Fsp3) is 0.438. The van der Waals surface area contributed by atoms with Crippen LogP contribution >= 0.6 is 11.8 Å². The monoisotopic (exact) mass is 316 g/mol. The molecule has 1 atom stereocenters. The van der Waals surface area contributed by atoms with E-state index in [4.69, 9.17) is 5.26 Å². The molecule has 0 aliphatic heterocycles. The van der Waals surface area contributed by atoms with Gasteiger partial charge in [-0.15, -0.1) is 0 Å². The Balaban J connectivity index is 2.24. The summed E-state index contributed by atoms with van der Waals surface area (Å²) in [7, 11) is 1.74. The molecule has 0 bridgehead atoms. The smallest absolute Gasteiger partial charge is 0.242 e. The molecule has 0 unspecified atom stereocenters. The predicted molar refractivity (Wildman–Crippen MR) is 89.4 cm³/mol. The largest absolute Gasteiger partial charge is 0.343 e. The Labute approximate surface area is 134 Å². The number of benzene rings is 1. The molecule has 0 aliphatic carbocycles. The van der Waals surface area contributed by atoms with Crippen molar-refractivity contribution in [1.82, 2.24) is 14.5 Å². The van der Waals surface area contributed by atoms with Crippen LogP contribution < -0.4 is 0 Å². The predicted octanol–water partition coefficient (Wildman–Crippen LogP) is 2.52. The van der Waals surface area contributed by atoms with Gasteiger partial charge in [-0.3, -0.25) is 4.79 Å². The highest BCUT2D eigenvalue weighted by Gasteiger charge is 2.17. The first-order valence-corrected chi connectivity index (χ1v) is 8.52. The van der Waals surface area contributed by atoms with Gasteiger partial charge in [-0.1, -0.05) is 12.1 Å². The molecule has 1 aromatic carbocycles. The average molecular weight is 316 g/mol. The van der Waals surface area contributed by atoms with Crippen LogP contribution in [-0.4, -0.2) is 40.2 Å². The first-order chi connectivity index (χ1) is 10.6. The number of carbonyl (C=O) groups excluding carboxylic acids is 1. The Bertz CT molecular complexity index is 704. The van der Waals surface area contributed by atoms with Gasteiger partial charge in [0, 0.05) is 13.6 Å². The normalized spacial score (nSPS) is 12.1. The maximum absolute atomic E-state index is 12.4. The number of rotatable bonds is 6. The number of likely N-dealkylation sites (N-methyl/N-ethyl adjacent to an activating group) is 1. The molecule has 0 saturated heterocycles. The molecule has 0 fully saturated rings. The third-order valence-electron chi connectivity index (χ3n) is 3.49. The Morgan fingerprint density at radius 3 is 2.91 bits per heavy atom. The van der Waals surface area contributed by atoms with Crippen LogP contribution in [0.25, 0.3) is 11.0 Å². The molecule has 0 N–H and O–H groups in total. The van der Waals surface area contributed by atoms with Gasteiger partial charge >= 0.3 is 0 Å². The summed E-state index contributed by atoms with van der Waals surface area (Å²) in [4.78, 5) is 18.7. The molecule has 2 aromatic rings. The molecular weight excluding hydrogens is 296 g/mol. The zero-order valence-electron chi connectivity index (χ0n) is 13.1. The van der Waals surface area contributed by atoms with Crippen molar-refractivity contribution in [3.8, 4) is 6.07 Å². The molecule has 1 aromatic heterocycles. The second-order valence-corrected chi connectivity index (χ2v) is 6.21. The van der Waals surface area contributed by atoms with E-state index in [2.05, 4.69) is 11.1 Å². The number of thioether (sulfide) groups is 1. The van der Waals surface area contributed by atoms with E-state index < -0.39 is 0 Å². The summed E-state index contributed by atoms with van der Waals surface area (Å²) in [5, 5.41) is 8.87. The lowest BCUT2D eigenvalue weighted by Crippen LogP contribution is -2.33. The van der Waals surface area contributed by atoms with E-state index in [-0.39, 0.29) is 18.4 Å². The number of nitrogens with zero attached hydrogens (tertiary/aromatic N) is 4. The first-order valence-electron chi connectivity index (χ1n) is 7.13. The lowest BCUT2D eigenvalue weighted by Gasteiger charge is -2.19. The molecule has 6 heteroatoms. The van der Waals surface area contributed by atoms with Crippen LogP contribution in [0.4, 0.5) is 0 Å². The maximum atomic E-state index is 12.4. The van der Waals surface area contributed by atoms with Crippen LogP contribution in [0.2, 0.25) is 0 Å². The summed E-state index contributed by atoms with van der Waals surface area (Å²) in [5.74, 6) is 1.50. The molecule has 1 heterocycles. The lowest BCUT2D eigenvalue weighted by atomic mass is 10.2. The van der Waals surface area contributed by atoms with E-state index in [1.54, 1.807) is 23.7 Å². The van der Waals surface area contributed by atoms with Gasteiger partial charge in [0.05, 0.1) is 28.8 Å². The lowest BCUT2D eigenvalue weighted by molar-refractivity contribution is -0.130. The number of imidazole rings is 1. The molecule has 5 nitrogen and oxygen atoms in total. The molecule has 0 spiro atoms. The van der Waals surface area contributed by atoms with Crippen molar-refractivity contribution in [2.24, 2.45) is 5.92 Å². The topological polar surface area (TPSA) is 61.9 Å². The number of fused-ring (bicyclic) bond motifs is 1. The number of carbonyl (C=O) groups is 1. The van der Waals surface area contributed by atoms with Gasteiger partial charge in [-0.05, 0) is 25.3 Å². The van der Waals surface area contributed by atoms with E-state index in [9.17, 15) is 4.79 Å². The van der Waals surface area contributed by atoms with Crippen molar-refractivity contribution in [3.63, 3.8) is 0 Å². The second-order valence-electron chi connectivity index (χ2n) is 5.34. The highest BCUT2D eigenvalue weighted by molar-refractivity contribution is 7.97. The fourth-order valence-corrected chi connectivity index (χ4v) is 2.83. The van der Waals surface area contributed by atoms with Crippen LogP contribution in [0.1, 0.15) is 12.7 Å². The van der Waals surface area contributed by atoms with Crippen LogP contribution in [-0.2, 0) is 17.1 Å². The third kappa shape index (κ3) is 3.60. The third-order valence-corrected chi connectivity index (χ3v) is 4.04. The number of hydrogen-bond acceptors (Lipinski definition) is 4. The Morgan fingerprint density at radius 1 is 1.50 bits per heavy atom. The van der Waals surface area contributed by atoms with E-state index in [1.807, 2.05) is 42.0 Å². The van der Waals surface area contributed by atoms with Gasteiger partial charge < -0.3 is 9.47 Å². The van der Waals surface area contributed by atoms with Gasteiger partial charge in [0.25, 0.3) is 0 Å². The van der Waals surface area contributed by atoms with E-state index in [0.29, 0.717) is 6.54 Å². The van der Waals surface area contributed by atoms with Crippen molar-refractivity contribution in [2.45, 2.75) is 19.2 Å². The summed E-state index contributed by atoms with van der Waals surface area (Å²) in [5.41, 5.74) is 1.88. The molecule has 116 valence electrons. The number of nitriles is 1. The van der Waals surface area contributed by atoms with Crippen LogP contribution in [0.5, 0.6) is 0 Å². The Kier molecular flexibility index (Phi) is 5.45. The minimum absolute atomic E-state index is 0.00685. The van der Waals surface area contributed by atoms with Crippen molar-refractivity contribution in [1.29, 1.82) is 5.26 Å². The summed E-state index contributed by atoms with van der Waals surface area (Å²) < 4.78 is 1.97. The SMILES string of the molecule is CSCc1nc2ccccc2n1CC(=O)N(C)C[C@@H](C)C#N. The highest BCUT2D eigenvalue weighted by Crippen LogP contribution is 2.19. The molecule has 0 aliphatic rings. The van der Waals surface area contributed by atoms with Crippen molar-refractivity contribution >= 4 is 28.7 Å². The van der Waals surface area contributed by atoms with Gasteiger partial charge in [0.2, 0.25) is 5.91 Å². The standard InChI is InChI=1S/C16H20N4OS/c1-12(8-17)9-19(2)16(21)10-20-14-7-5-4-6-13(14)18-15(20)11-22-3/h4-7,12H,9-11H2,1-3H3/t12-/m0/s1. The zero-order chi connectivity index (χ0) is 16.1. The molecule has 0 radical (unpaired) electrons. The Morgan fingerprint density at radius 2 is 2.23 bits per heavy atom. The molecule has 22 heavy (non-hydrogen) atoms. The van der Waals surface area contributed by atoms with Crippen molar-refractivity contribution in [2.75, 3.05) is 19.8 Å². The minimum Gasteiger partial charge on any atom is -0.343 e. The van der Waals surface area contributed by atoms with E-state index >= 15 is 0 Å². The van der Waals surface area contributed by atoms with Crippen LogP contribution in [0.3, 0.4) is 0 Å². The van der Waals surface area contributed by atoms with Crippen molar-refractivity contribution in [3.05, 3.63) is 30.1 Å². The van der Waals surface area contributed by atoms with E-state index in [1.165, 1.54) is 0 Å². The number of amides is 1. The van der Waals surface area contributed by atoms with Gasteiger partial charge in [-0.2, -0.15) is 17.0 Å². The van der Waals surface area contributed by atoms with Crippen molar-refractivity contribution < 1.29 is 4.79 Å². The highest BCUT2D eigenvalue weighted by atomic mass is 32.2. The summed E-state index contributed by atoms with van der Waals surface area (Å²) in [6.07, 6.45) is 2.02. The molecule has 2 rings (SSSR count). The first kappa shape index (κ1) is 16.4. The average Bonchev–Trinajstić information content (AvgIpc) is 2.85. The maximum Gasteiger partial charge on any atom is 0.242 e. The minimum atomic E-state index is -0.167. The van der Waals surface area contributed by atoms with Crippen LogP contribution in [0.15, 0.2) is 24.3 Å². The number of para-hydroxylation sites is 2. The summed E-state index contributed by atoms with van der Waals surface area (Å²) >= 11 is 1.68. The second kappa shape index (κ2) is 7.32. The van der Waals surface area contributed by atoms with Crippen LogP contribution in [0, 0.1) is 17.2 Å². The fourth-order valence-electron chi connectivity index (χ4n) is 2.35. The Hall–Kier alpha value is -2.00.